The zero-order valence-corrected chi connectivity index (χ0v) is 36.1. The predicted octanol–water partition coefficient (Wildman–Crippen LogP) is 4.98. The van der Waals surface area contributed by atoms with E-state index in [1.54, 1.807) is 36.7 Å². The Hall–Kier alpha value is -6.01. The second kappa shape index (κ2) is 19.2. The molecule has 3 atom stereocenters. The molecular formula is C45H56FN11O6. The van der Waals surface area contributed by atoms with Gasteiger partial charge in [0.05, 0.1) is 34.9 Å². The molecule has 4 aromatic rings. The minimum absolute atomic E-state index is 0.0730. The van der Waals surface area contributed by atoms with Crippen molar-refractivity contribution in [3.8, 4) is 0 Å². The third-order valence-electron chi connectivity index (χ3n) is 12.6. The molecule has 4 aliphatic heterocycles. The van der Waals surface area contributed by atoms with Crippen molar-refractivity contribution >= 4 is 63.7 Å². The quantitative estimate of drug-likeness (QED) is 0.0871. The molecule has 0 aliphatic carbocycles. The molecule has 1 unspecified atom stereocenters. The second-order valence-corrected chi connectivity index (χ2v) is 17.1. The van der Waals surface area contributed by atoms with E-state index in [-0.39, 0.29) is 48.5 Å². The molecule has 0 radical (unpaired) electrons. The summed E-state index contributed by atoms with van der Waals surface area (Å²) < 4.78 is 21.9. The first-order chi connectivity index (χ1) is 30.5. The molecule has 3 aromatic heterocycles. The molecule has 4 aliphatic rings. The number of ether oxygens (including phenoxy) is 1. The van der Waals surface area contributed by atoms with Crippen molar-refractivity contribution in [3.05, 3.63) is 65.6 Å². The van der Waals surface area contributed by atoms with Gasteiger partial charge in [0.25, 0.3) is 17.7 Å². The lowest BCUT2D eigenvalue weighted by molar-refractivity contribution is -0.136. The average Bonchev–Trinajstić information content (AvgIpc) is 3.78. The van der Waals surface area contributed by atoms with Gasteiger partial charge in [0, 0.05) is 87.5 Å². The summed E-state index contributed by atoms with van der Waals surface area (Å²) >= 11 is 0. The maximum atomic E-state index is 14.6. The summed E-state index contributed by atoms with van der Waals surface area (Å²) in [6.45, 7) is 8.34. The standard InChI is InChI=1S/C45H56FN11O6/c1-27(2)56-25-31(30-24-49-38(23-35(30)56)51-37-13-18-48-45(52-37)55-22-16-36(63-3)32(46)26-55)41(59)50-28-14-20-54(21-15-28)19-7-5-4-6-17-47-33-10-8-9-29-40(33)44(62)57(43(29)61)34-11-12-39(58)53-42(34)60/h8-10,13,18,23-25,27-28,32,34,36,47H,4-7,11-12,14-17,19-22,26H2,1-3H3,(H,50,59)(H,53,58,60)(H,48,49,51,52)/t32-,34?,36+/m1/s1. The number of likely N-dealkylation sites (tertiary alicyclic amines) is 1. The molecule has 334 valence electrons. The molecule has 3 fully saturated rings. The van der Waals surface area contributed by atoms with Crippen LogP contribution in [0.3, 0.4) is 0 Å². The van der Waals surface area contributed by atoms with Crippen LogP contribution in [0.1, 0.15) is 109 Å². The monoisotopic (exact) mass is 865 g/mol. The van der Waals surface area contributed by atoms with E-state index in [0.717, 1.165) is 74.0 Å². The highest BCUT2D eigenvalue weighted by molar-refractivity contribution is 6.25. The molecule has 4 N–H and O–H groups in total. The van der Waals surface area contributed by atoms with Crippen LogP contribution in [-0.4, -0.2) is 130 Å². The van der Waals surface area contributed by atoms with E-state index in [1.807, 2.05) is 17.2 Å². The number of amides is 5. The van der Waals surface area contributed by atoms with Crippen molar-refractivity contribution in [2.75, 3.05) is 61.9 Å². The second-order valence-electron chi connectivity index (χ2n) is 17.1. The zero-order chi connectivity index (χ0) is 44.2. The van der Waals surface area contributed by atoms with Crippen LogP contribution in [0.5, 0.6) is 0 Å². The fourth-order valence-corrected chi connectivity index (χ4v) is 9.12. The molecule has 0 saturated carbocycles. The van der Waals surface area contributed by atoms with Crippen molar-refractivity contribution in [1.82, 2.24) is 40.0 Å². The van der Waals surface area contributed by atoms with Gasteiger partial charge in [-0.05, 0) is 77.1 Å². The van der Waals surface area contributed by atoms with E-state index in [0.29, 0.717) is 48.3 Å². The molecule has 1 aromatic carbocycles. The van der Waals surface area contributed by atoms with Crippen molar-refractivity contribution in [1.29, 1.82) is 0 Å². The number of nitrogens with one attached hydrogen (secondary N) is 4. The van der Waals surface area contributed by atoms with Gasteiger partial charge in [0.2, 0.25) is 17.8 Å². The Morgan fingerprint density at radius 1 is 0.968 bits per heavy atom. The van der Waals surface area contributed by atoms with Crippen molar-refractivity contribution in [2.45, 2.75) is 102 Å². The van der Waals surface area contributed by atoms with Gasteiger partial charge in [-0.3, -0.25) is 34.2 Å². The molecule has 8 rings (SSSR count). The number of hydrogen-bond donors (Lipinski definition) is 4. The number of hydrogen-bond acceptors (Lipinski definition) is 13. The van der Waals surface area contributed by atoms with Gasteiger partial charge in [0.1, 0.15) is 23.8 Å². The van der Waals surface area contributed by atoms with Crippen molar-refractivity contribution < 1.29 is 33.1 Å². The normalized spacial score (nSPS) is 21.0. The first-order valence-electron chi connectivity index (χ1n) is 22.1. The van der Waals surface area contributed by atoms with Gasteiger partial charge < -0.3 is 35.1 Å². The van der Waals surface area contributed by atoms with E-state index >= 15 is 0 Å². The molecule has 5 amide bonds. The molecule has 3 saturated heterocycles. The number of pyridine rings is 1. The summed E-state index contributed by atoms with van der Waals surface area (Å²) in [5.74, 6) is -0.623. The maximum Gasteiger partial charge on any atom is 0.264 e. The minimum atomic E-state index is -1.12. The molecule has 63 heavy (non-hydrogen) atoms. The SMILES string of the molecule is CO[C@H]1CCN(c2nccc(Nc3cc4c(cn3)c(C(=O)NC3CCN(CCCCCCNc5cccc6c5C(=O)N(C5CCC(=O)NC5=O)C6=O)CC3)cn4C(C)C)n2)C[C@H]1F. The number of fused-ring (bicyclic) bond motifs is 2. The summed E-state index contributed by atoms with van der Waals surface area (Å²) in [5.41, 5.74) is 2.58. The molecule has 0 bridgehead atoms. The van der Waals surface area contributed by atoms with Crippen LogP contribution >= 0.6 is 0 Å². The topological polar surface area (TPSA) is 196 Å². The van der Waals surface area contributed by atoms with Crippen LogP contribution in [0.25, 0.3) is 10.9 Å². The number of carbonyl (C=O) groups excluding carboxylic acids is 5. The Labute approximate surface area is 365 Å². The van der Waals surface area contributed by atoms with Crippen molar-refractivity contribution in [3.63, 3.8) is 0 Å². The first-order valence-corrected chi connectivity index (χ1v) is 22.1. The maximum absolute atomic E-state index is 14.6. The van der Waals surface area contributed by atoms with Gasteiger partial charge in [-0.1, -0.05) is 18.9 Å². The van der Waals surface area contributed by atoms with Gasteiger partial charge in [-0.25, -0.2) is 14.4 Å². The summed E-state index contributed by atoms with van der Waals surface area (Å²) in [4.78, 5) is 83.2. The number of unbranched alkanes of at least 4 members (excludes halogenated alkanes) is 3. The van der Waals surface area contributed by atoms with Crippen LogP contribution in [0.2, 0.25) is 0 Å². The minimum Gasteiger partial charge on any atom is -0.384 e. The predicted molar refractivity (Wildman–Crippen MR) is 235 cm³/mol. The number of imide groups is 2. The fourth-order valence-electron chi connectivity index (χ4n) is 9.12. The number of anilines is 4. The van der Waals surface area contributed by atoms with Gasteiger partial charge in [0.15, 0.2) is 0 Å². The lowest BCUT2D eigenvalue weighted by atomic mass is 10.0. The molecule has 0 spiro atoms. The zero-order valence-electron chi connectivity index (χ0n) is 36.1. The smallest absolute Gasteiger partial charge is 0.264 e. The molecular weight excluding hydrogens is 810 g/mol. The molecule has 18 heteroatoms. The van der Waals surface area contributed by atoms with E-state index in [9.17, 15) is 28.4 Å². The molecule has 7 heterocycles. The van der Waals surface area contributed by atoms with Crippen LogP contribution in [-0.2, 0) is 14.3 Å². The number of aromatic nitrogens is 4. The number of benzene rings is 1. The van der Waals surface area contributed by atoms with E-state index in [4.69, 9.17) is 4.74 Å². The van der Waals surface area contributed by atoms with Crippen LogP contribution in [0.4, 0.5) is 27.7 Å². The lowest BCUT2D eigenvalue weighted by Crippen LogP contribution is -2.54. The van der Waals surface area contributed by atoms with Gasteiger partial charge in [-0.2, -0.15) is 4.98 Å². The van der Waals surface area contributed by atoms with E-state index < -0.39 is 41.9 Å². The summed E-state index contributed by atoms with van der Waals surface area (Å²) in [5, 5.41) is 12.9. The fraction of sp³-hybridized carbons (Fsp3) is 0.511. The highest BCUT2D eigenvalue weighted by Crippen LogP contribution is 2.33. The summed E-state index contributed by atoms with van der Waals surface area (Å²) in [7, 11) is 1.53. The third-order valence-corrected chi connectivity index (χ3v) is 12.6. The number of rotatable bonds is 16. The van der Waals surface area contributed by atoms with Gasteiger partial charge in [-0.15, -0.1) is 0 Å². The van der Waals surface area contributed by atoms with E-state index in [1.165, 1.54) is 7.11 Å². The Kier molecular flexibility index (Phi) is 13.3. The lowest BCUT2D eigenvalue weighted by Gasteiger charge is -2.33. The van der Waals surface area contributed by atoms with Crippen LogP contribution in [0.15, 0.2) is 48.9 Å². The Morgan fingerprint density at radius 3 is 2.54 bits per heavy atom. The number of nitrogens with zero attached hydrogens (tertiary/aromatic N) is 7. The van der Waals surface area contributed by atoms with E-state index in [2.05, 4.69) is 59.5 Å². The van der Waals surface area contributed by atoms with Gasteiger partial charge >= 0.3 is 0 Å². The highest BCUT2D eigenvalue weighted by atomic mass is 19.1. The molecule has 17 nitrogen and oxygen atoms in total. The Bertz CT molecular complexity index is 2360. The van der Waals surface area contributed by atoms with Crippen LogP contribution < -0.4 is 26.2 Å². The van der Waals surface area contributed by atoms with Crippen LogP contribution in [0, 0.1) is 0 Å². The number of carbonyl (C=O) groups is 5. The Morgan fingerprint density at radius 2 is 1.78 bits per heavy atom. The third kappa shape index (κ3) is 9.51. The summed E-state index contributed by atoms with van der Waals surface area (Å²) in [6.07, 6.45) is 10.2. The Balaban J connectivity index is 0.770. The highest BCUT2D eigenvalue weighted by Gasteiger charge is 2.45. The number of piperidine rings is 3. The number of halogens is 1. The average molecular weight is 866 g/mol. The summed E-state index contributed by atoms with van der Waals surface area (Å²) in [6, 6.07) is 7.94. The number of alkyl halides is 1. The van der Waals surface area contributed by atoms with Crippen molar-refractivity contribution in [2.24, 2.45) is 0 Å². The largest absolute Gasteiger partial charge is 0.384 e. The first kappa shape index (κ1) is 43.6. The number of methoxy groups -OCH3 is 1.